The number of rotatable bonds is 7. The average Bonchev–Trinajstić information content (AvgIpc) is 2.61. The number of amides is 1. The van der Waals surface area contributed by atoms with Crippen molar-refractivity contribution in [1.82, 2.24) is 5.43 Å². The Bertz CT molecular complexity index is 882. The van der Waals surface area contributed by atoms with Crippen LogP contribution in [0.4, 0.5) is 11.4 Å². The normalized spacial score (nSPS) is 10.5. The quantitative estimate of drug-likeness (QED) is 0.440. The highest BCUT2D eigenvalue weighted by Gasteiger charge is 2.09. The predicted molar refractivity (Wildman–Crippen MR) is 86.9 cm³/mol. The summed E-state index contributed by atoms with van der Waals surface area (Å²) in [4.78, 5) is 31.5. The molecule has 0 aliphatic heterocycles. The van der Waals surface area contributed by atoms with E-state index in [4.69, 9.17) is 4.74 Å². The zero-order valence-corrected chi connectivity index (χ0v) is 13.0. The number of carbonyl (C=O) groups excluding carboxylic acids is 1. The first-order chi connectivity index (χ1) is 12.4. The molecule has 11 heteroatoms. The molecule has 134 valence electrons. The number of nitro benzene ring substituents is 2. The fraction of sp³-hybridized carbons (Fsp3) is 0.0667. The lowest BCUT2D eigenvalue weighted by molar-refractivity contribution is -0.398. The Kier molecular flexibility index (Phi) is 5.77. The number of non-ortho nitro benzene ring substituents is 1. The molecule has 1 N–H and O–H groups in total. The number of nitro groups is 2. The summed E-state index contributed by atoms with van der Waals surface area (Å²) in [6.45, 7) is -0.446. The molecule has 1 amide bonds. The van der Waals surface area contributed by atoms with E-state index in [0.717, 1.165) is 18.3 Å². The van der Waals surface area contributed by atoms with Crippen LogP contribution in [0.1, 0.15) is 5.56 Å². The van der Waals surface area contributed by atoms with Gasteiger partial charge >= 0.3 is 0 Å². The smallest absolute Gasteiger partial charge is 0.277 e. The molecule has 0 heterocycles. The van der Waals surface area contributed by atoms with Crippen LogP contribution in [0.2, 0.25) is 0 Å². The van der Waals surface area contributed by atoms with E-state index in [1.54, 1.807) is 0 Å². The summed E-state index contributed by atoms with van der Waals surface area (Å²) in [5.41, 5.74) is 1.59. The van der Waals surface area contributed by atoms with Crippen LogP contribution in [0.3, 0.4) is 0 Å². The molecule has 0 spiro atoms. The van der Waals surface area contributed by atoms with Crippen molar-refractivity contribution >= 4 is 23.5 Å². The number of nitrogens with zero attached hydrogens (tertiary/aromatic N) is 3. The molecule has 0 unspecified atom stereocenters. The molecule has 0 aliphatic rings. The highest BCUT2D eigenvalue weighted by molar-refractivity contribution is 5.84. The summed E-state index contributed by atoms with van der Waals surface area (Å²) in [7, 11) is 0. The molecule has 2 aromatic rings. The summed E-state index contributed by atoms with van der Waals surface area (Å²) in [5, 5.41) is 36.2. The maximum atomic E-state index is 11.6. The van der Waals surface area contributed by atoms with E-state index in [2.05, 4.69) is 10.5 Å². The number of hydrogen-bond acceptors (Lipinski definition) is 8. The van der Waals surface area contributed by atoms with Gasteiger partial charge in [0.1, 0.15) is 5.75 Å². The summed E-state index contributed by atoms with van der Waals surface area (Å²) in [6, 6.07) is 8.67. The van der Waals surface area contributed by atoms with Crippen LogP contribution in [0.5, 0.6) is 11.5 Å². The van der Waals surface area contributed by atoms with Crippen molar-refractivity contribution in [3.63, 3.8) is 0 Å². The van der Waals surface area contributed by atoms with Gasteiger partial charge < -0.3 is 9.84 Å². The summed E-state index contributed by atoms with van der Waals surface area (Å²) in [5.74, 6) is -1.25. The predicted octanol–water partition coefficient (Wildman–Crippen LogP) is 1.11. The van der Waals surface area contributed by atoms with E-state index in [1.807, 2.05) is 0 Å². The minimum Gasteiger partial charge on any atom is -0.868 e. The van der Waals surface area contributed by atoms with Crippen LogP contribution in [0, 0.1) is 20.2 Å². The lowest BCUT2D eigenvalue weighted by Crippen LogP contribution is -2.24. The van der Waals surface area contributed by atoms with Gasteiger partial charge in [0.15, 0.2) is 6.61 Å². The highest BCUT2D eigenvalue weighted by Crippen LogP contribution is 2.23. The van der Waals surface area contributed by atoms with E-state index in [9.17, 15) is 30.1 Å². The van der Waals surface area contributed by atoms with E-state index in [-0.39, 0.29) is 17.0 Å². The Morgan fingerprint density at radius 3 is 2.62 bits per heavy atom. The van der Waals surface area contributed by atoms with Crippen molar-refractivity contribution in [3.8, 4) is 11.5 Å². The molecule has 11 nitrogen and oxygen atoms in total. The van der Waals surface area contributed by atoms with Crippen LogP contribution < -0.4 is 15.3 Å². The van der Waals surface area contributed by atoms with Crippen LogP contribution >= 0.6 is 0 Å². The van der Waals surface area contributed by atoms with Crippen LogP contribution in [0.15, 0.2) is 47.6 Å². The molecule has 0 fully saturated rings. The summed E-state index contributed by atoms with van der Waals surface area (Å²) < 4.78 is 5.11. The van der Waals surface area contributed by atoms with E-state index in [1.165, 1.54) is 30.3 Å². The maximum absolute atomic E-state index is 11.6. The minimum absolute atomic E-state index is 0.139. The van der Waals surface area contributed by atoms with E-state index in [0.29, 0.717) is 0 Å². The van der Waals surface area contributed by atoms with Crippen molar-refractivity contribution < 1.29 is 24.5 Å². The van der Waals surface area contributed by atoms with Crippen LogP contribution in [0.25, 0.3) is 0 Å². The fourth-order valence-corrected chi connectivity index (χ4v) is 1.80. The van der Waals surface area contributed by atoms with Gasteiger partial charge in [-0.25, -0.2) is 5.43 Å². The Morgan fingerprint density at radius 2 is 1.92 bits per heavy atom. The van der Waals surface area contributed by atoms with Gasteiger partial charge in [-0.3, -0.25) is 25.0 Å². The topological polar surface area (TPSA) is 160 Å². The fourth-order valence-electron chi connectivity index (χ4n) is 1.80. The van der Waals surface area contributed by atoms with Gasteiger partial charge in [0.2, 0.25) is 0 Å². The molecule has 0 radical (unpaired) electrons. The number of ether oxygens (including phenoxy) is 1. The first kappa shape index (κ1) is 18.3. The van der Waals surface area contributed by atoms with Gasteiger partial charge in [0, 0.05) is 17.7 Å². The first-order valence-corrected chi connectivity index (χ1v) is 7.01. The maximum Gasteiger partial charge on any atom is 0.277 e. The lowest BCUT2D eigenvalue weighted by Gasteiger charge is -2.06. The van der Waals surface area contributed by atoms with Crippen molar-refractivity contribution in [2.75, 3.05) is 6.61 Å². The third-order valence-electron chi connectivity index (χ3n) is 2.98. The molecule has 0 aromatic heterocycles. The van der Waals surface area contributed by atoms with E-state index < -0.39 is 33.8 Å². The number of benzene rings is 2. The Labute approximate surface area is 145 Å². The van der Waals surface area contributed by atoms with Gasteiger partial charge in [-0.2, -0.15) is 5.10 Å². The SMILES string of the molecule is O=C(COc1cccc([N+](=O)[O-])c1)NN=Cc1ccc([O-])c([N+](=O)[O-])c1. The minimum atomic E-state index is -0.814. The van der Waals surface area contributed by atoms with Crippen molar-refractivity contribution in [2.45, 2.75) is 0 Å². The first-order valence-electron chi connectivity index (χ1n) is 7.01. The molecule has 0 bridgehead atoms. The second kappa shape index (κ2) is 8.19. The average molecular weight is 359 g/mol. The number of nitrogens with one attached hydrogen (secondary N) is 1. The summed E-state index contributed by atoms with van der Waals surface area (Å²) in [6.07, 6.45) is 1.12. The van der Waals surface area contributed by atoms with Crippen LogP contribution in [-0.4, -0.2) is 28.6 Å². The molecule has 2 aromatic carbocycles. The standard InChI is InChI=1S/C15H12N4O7/c20-14-5-4-10(6-13(14)19(24)25)8-16-17-15(21)9-26-12-3-1-2-11(7-12)18(22)23/h1-8,20H,9H2,(H,17,21)/p-1. The zero-order valence-electron chi connectivity index (χ0n) is 13.0. The van der Waals surface area contributed by atoms with Gasteiger partial charge in [0.25, 0.3) is 17.3 Å². The highest BCUT2D eigenvalue weighted by atomic mass is 16.6. The molecule has 2 rings (SSSR count). The molecular weight excluding hydrogens is 348 g/mol. The van der Waals surface area contributed by atoms with Crippen LogP contribution in [-0.2, 0) is 4.79 Å². The Balaban J connectivity index is 1.90. The van der Waals surface area contributed by atoms with Gasteiger partial charge in [-0.15, -0.1) is 0 Å². The Hall–Kier alpha value is -4.02. The second-order valence-corrected chi connectivity index (χ2v) is 4.82. The molecule has 0 aliphatic carbocycles. The number of hydrogen-bond donors (Lipinski definition) is 1. The van der Waals surface area contributed by atoms with Crippen molar-refractivity contribution in [3.05, 3.63) is 68.3 Å². The number of carbonyl (C=O) groups is 1. The van der Waals surface area contributed by atoms with Crippen molar-refractivity contribution in [2.24, 2.45) is 5.10 Å². The molecule has 0 saturated carbocycles. The second-order valence-electron chi connectivity index (χ2n) is 4.82. The van der Waals surface area contributed by atoms with Crippen molar-refractivity contribution in [1.29, 1.82) is 0 Å². The third-order valence-corrected chi connectivity index (χ3v) is 2.98. The third kappa shape index (κ3) is 4.99. The van der Waals surface area contributed by atoms with E-state index >= 15 is 0 Å². The molecular formula is C15H11N4O7-. The molecule has 0 atom stereocenters. The lowest BCUT2D eigenvalue weighted by atomic mass is 10.2. The van der Waals surface area contributed by atoms with Gasteiger partial charge in [0.05, 0.1) is 22.1 Å². The Morgan fingerprint density at radius 1 is 1.15 bits per heavy atom. The molecule has 0 saturated heterocycles. The molecule has 26 heavy (non-hydrogen) atoms. The number of hydrazone groups is 1. The van der Waals surface area contributed by atoms with Gasteiger partial charge in [-0.05, 0) is 11.8 Å². The summed E-state index contributed by atoms with van der Waals surface area (Å²) >= 11 is 0. The van der Waals surface area contributed by atoms with Gasteiger partial charge in [-0.1, -0.05) is 18.2 Å². The zero-order chi connectivity index (χ0) is 19.1. The largest absolute Gasteiger partial charge is 0.868 e. The monoisotopic (exact) mass is 359 g/mol.